The number of carbonyl (C=O) groups excluding carboxylic acids is 2. The molecule has 2 aromatic rings. The summed E-state index contributed by atoms with van der Waals surface area (Å²) in [6.07, 6.45) is 0. The molecule has 1 saturated heterocycles. The fourth-order valence-corrected chi connectivity index (χ4v) is 3.41. The van der Waals surface area contributed by atoms with E-state index >= 15 is 0 Å². The summed E-state index contributed by atoms with van der Waals surface area (Å²) in [6, 6.07) is 12.5. The number of benzene rings is 2. The lowest BCUT2D eigenvalue weighted by atomic mass is 10.1. The number of nitrogens with zero attached hydrogens (tertiary/aromatic N) is 2. The maximum atomic E-state index is 13.0. The first-order valence-electron chi connectivity index (χ1n) is 8.64. The van der Waals surface area contributed by atoms with Crippen LogP contribution >= 0.6 is 12.6 Å². The fraction of sp³-hybridized carbons (Fsp3) is 0.300. The number of piperazine rings is 1. The zero-order chi connectivity index (χ0) is 19.4. The van der Waals surface area contributed by atoms with E-state index in [1.165, 1.54) is 14.2 Å². The Kier molecular flexibility index (Phi) is 5.91. The monoisotopic (exact) mass is 386 g/mol. The second-order valence-corrected chi connectivity index (χ2v) is 6.62. The van der Waals surface area contributed by atoms with E-state index < -0.39 is 0 Å². The molecule has 2 aromatic carbocycles. The number of rotatable bonds is 4. The third-order valence-electron chi connectivity index (χ3n) is 4.63. The Labute approximate surface area is 164 Å². The molecular formula is C20H22N2O4S. The number of carbonyl (C=O) groups is 2. The first-order chi connectivity index (χ1) is 13.1. The van der Waals surface area contributed by atoms with Gasteiger partial charge in [0.1, 0.15) is 17.1 Å². The van der Waals surface area contributed by atoms with Crippen LogP contribution in [0.1, 0.15) is 20.7 Å². The highest BCUT2D eigenvalue weighted by Gasteiger charge is 2.29. The molecule has 1 aliphatic rings. The molecule has 1 heterocycles. The minimum atomic E-state index is -0.161. The van der Waals surface area contributed by atoms with Crippen molar-refractivity contribution in [2.45, 2.75) is 4.90 Å². The van der Waals surface area contributed by atoms with Crippen LogP contribution in [0, 0.1) is 0 Å². The summed E-state index contributed by atoms with van der Waals surface area (Å²) < 4.78 is 10.7. The number of hydrogen-bond acceptors (Lipinski definition) is 5. The van der Waals surface area contributed by atoms with E-state index in [1.54, 1.807) is 40.1 Å². The van der Waals surface area contributed by atoms with Gasteiger partial charge in [0.05, 0.1) is 19.8 Å². The molecule has 142 valence electrons. The predicted molar refractivity (Wildman–Crippen MR) is 105 cm³/mol. The second-order valence-electron chi connectivity index (χ2n) is 6.14. The zero-order valence-electron chi connectivity index (χ0n) is 15.3. The third kappa shape index (κ3) is 3.88. The van der Waals surface area contributed by atoms with Crippen LogP contribution in [0.4, 0.5) is 0 Å². The molecule has 1 aliphatic heterocycles. The Balaban J connectivity index is 1.72. The summed E-state index contributed by atoms with van der Waals surface area (Å²) >= 11 is 4.36. The van der Waals surface area contributed by atoms with E-state index in [2.05, 4.69) is 12.6 Å². The van der Waals surface area contributed by atoms with Crippen LogP contribution in [0.2, 0.25) is 0 Å². The Morgan fingerprint density at radius 3 is 1.85 bits per heavy atom. The number of hydrogen-bond donors (Lipinski definition) is 1. The van der Waals surface area contributed by atoms with Gasteiger partial charge in [-0.05, 0) is 24.3 Å². The molecule has 0 bridgehead atoms. The van der Waals surface area contributed by atoms with E-state index in [1.807, 2.05) is 12.1 Å². The number of amides is 2. The van der Waals surface area contributed by atoms with Gasteiger partial charge in [0, 0.05) is 31.1 Å². The second kappa shape index (κ2) is 8.35. The van der Waals surface area contributed by atoms with Crippen molar-refractivity contribution in [2.75, 3.05) is 40.4 Å². The minimum absolute atomic E-state index is 0.0671. The highest BCUT2D eigenvalue weighted by atomic mass is 32.1. The molecule has 3 rings (SSSR count). The zero-order valence-corrected chi connectivity index (χ0v) is 16.2. The molecule has 0 unspecified atom stereocenters. The van der Waals surface area contributed by atoms with Gasteiger partial charge in [-0.25, -0.2) is 0 Å². The molecule has 27 heavy (non-hydrogen) atoms. The van der Waals surface area contributed by atoms with Gasteiger partial charge in [0.25, 0.3) is 11.8 Å². The number of ether oxygens (including phenoxy) is 2. The van der Waals surface area contributed by atoms with E-state index in [0.717, 1.165) is 0 Å². The lowest BCUT2D eigenvalue weighted by molar-refractivity contribution is 0.0530. The Morgan fingerprint density at radius 1 is 0.815 bits per heavy atom. The van der Waals surface area contributed by atoms with Crippen LogP contribution in [0.15, 0.2) is 47.4 Å². The van der Waals surface area contributed by atoms with Crippen molar-refractivity contribution in [2.24, 2.45) is 0 Å². The molecular weight excluding hydrogens is 364 g/mol. The number of thiol groups is 1. The minimum Gasteiger partial charge on any atom is -0.496 e. The van der Waals surface area contributed by atoms with Crippen LogP contribution in [-0.4, -0.2) is 62.0 Å². The first kappa shape index (κ1) is 19.1. The molecule has 0 radical (unpaired) electrons. The highest BCUT2D eigenvalue weighted by Crippen LogP contribution is 2.30. The molecule has 0 aliphatic carbocycles. The lowest BCUT2D eigenvalue weighted by Gasteiger charge is -2.35. The van der Waals surface area contributed by atoms with Crippen molar-refractivity contribution in [1.82, 2.24) is 9.80 Å². The Morgan fingerprint density at radius 2 is 1.33 bits per heavy atom. The van der Waals surface area contributed by atoms with Gasteiger partial charge < -0.3 is 19.3 Å². The molecule has 0 atom stereocenters. The Hall–Kier alpha value is -2.67. The van der Waals surface area contributed by atoms with Gasteiger partial charge in [-0.3, -0.25) is 9.59 Å². The molecule has 0 aromatic heterocycles. The normalized spacial score (nSPS) is 14.0. The van der Waals surface area contributed by atoms with Gasteiger partial charge in [-0.1, -0.05) is 18.2 Å². The number of methoxy groups -OCH3 is 2. The predicted octanol–water partition coefficient (Wildman–Crippen LogP) is 2.59. The molecule has 0 N–H and O–H groups in total. The van der Waals surface area contributed by atoms with Crippen molar-refractivity contribution in [1.29, 1.82) is 0 Å². The van der Waals surface area contributed by atoms with Crippen LogP contribution in [0.5, 0.6) is 11.5 Å². The van der Waals surface area contributed by atoms with Crippen molar-refractivity contribution < 1.29 is 19.1 Å². The molecule has 6 nitrogen and oxygen atoms in total. The molecule has 0 saturated carbocycles. The maximum absolute atomic E-state index is 13.0. The van der Waals surface area contributed by atoms with E-state index in [9.17, 15) is 9.59 Å². The summed E-state index contributed by atoms with van der Waals surface area (Å²) in [4.78, 5) is 29.8. The summed E-state index contributed by atoms with van der Waals surface area (Å²) in [5, 5.41) is 0. The standard InChI is InChI=1S/C20H22N2O4S/c1-25-15-7-5-8-16(26-2)18(15)20(24)22-12-10-21(11-13-22)19(23)14-6-3-4-9-17(14)27/h3-9,27H,10-13H2,1-2H3. The fourth-order valence-electron chi connectivity index (χ4n) is 3.16. The van der Waals surface area contributed by atoms with Crippen molar-refractivity contribution in [3.63, 3.8) is 0 Å². The smallest absolute Gasteiger partial charge is 0.261 e. The maximum Gasteiger partial charge on any atom is 0.261 e. The lowest BCUT2D eigenvalue weighted by Crippen LogP contribution is -2.50. The SMILES string of the molecule is COc1cccc(OC)c1C(=O)N1CCN(C(=O)c2ccccc2S)CC1. The van der Waals surface area contributed by atoms with E-state index in [4.69, 9.17) is 9.47 Å². The van der Waals surface area contributed by atoms with E-state index in [-0.39, 0.29) is 11.8 Å². The summed E-state index contributed by atoms with van der Waals surface area (Å²) in [5.74, 6) is 0.720. The van der Waals surface area contributed by atoms with Crippen LogP contribution in [0.3, 0.4) is 0 Å². The topological polar surface area (TPSA) is 59.1 Å². The van der Waals surface area contributed by atoms with Crippen LogP contribution < -0.4 is 9.47 Å². The Bertz CT molecular complexity index is 825. The average Bonchev–Trinajstić information content (AvgIpc) is 2.72. The van der Waals surface area contributed by atoms with Crippen LogP contribution in [-0.2, 0) is 0 Å². The van der Waals surface area contributed by atoms with Crippen molar-refractivity contribution in [3.8, 4) is 11.5 Å². The highest BCUT2D eigenvalue weighted by molar-refractivity contribution is 7.80. The van der Waals surface area contributed by atoms with Gasteiger partial charge >= 0.3 is 0 Å². The van der Waals surface area contributed by atoms with Crippen molar-refractivity contribution in [3.05, 3.63) is 53.6 Å². The molecule has 0 spiro atoms. The van der Waals surface area contributed by atoms with Gasteiger partial charge in [-0.2, -0.15) is 0 Å². The van der Waals surface area contributed by atoms with Gasteiger partial charge in [-0.15, -0.1) is 12.6 Å². The largest absolute Gasteiger partial charge is 0.496 e. The average molecular weight is 386 g/mol. The van der Waals surface area contributed by atoms with Crippen molar-refractivity contribution >= 4 is 24.4 Å². The third-order valence-corrected chi connectivity index (χ3v) is 5.02. The van der Waals surface area contributed by atoms with Crippen LogP contribution in [0.25, 0.3) is 0 Å². The van der Waals surface area contributed by atoms with E-state index in [0.29, 0.717) is 53.7 Å². The quantitative estimate of drug-likeness (QED) is 0.821. The first-order valence-corrected chi connectivity index (χ1v) is 9.09. The van der Waals surface area contributed by atoms with Gasteiger partial charge in [0.2, 0.25) is 0 Å². The molecule has 7 heteroatoms. The summed E-state index contributed by atoms with van der Waals surface area (Å²) in [5.41, 5.74) is 0.981. The van der Waals surface area contributed by atoms with Gasteiger partial charge in [0.15, 0.2) is 0 Å². The summed E-state index contributed by atoms with van der Waals surface area (Å²) in [7, 11) is 3.05. The molecule has 1 fully saturated rings. The molecule has 2 amide bonds. The summed E-state index contributed by atoms with van der Waals surface area (Å²) in [6.45, 7) is 1.81.